The van der Waals surface area contributed by atoms with E-state index in [0.29, 0.717) is 51.8 Å². The van der Waals surface area contributed by atoms with E-state index in [4.69, 9.17) is 16.3 Å². The van der Waals surface area contributed by atoms with Crippen molar-refractivity contribution in [2.75, 3.05) is 26.5 Å². The van der Waals surface area contributed by atoms with Gasteiger partial charge in [0.25, 0.3) is 15.9 Å². The van der Waals surface area contributed by atoms with E-state index in [9.17, 15) is 21.6 Å². The number of methoxy groups -OCH3 is 1. The van der Waals surface area contributed by atoms with E-state index in [1.807, 2.05) is 0 Å². The van der Waals surface area contributed by atoms with Crippen molar-refractivity contribution in [3.63, 3.8) is 0 Å². The summed E-state index contributed by atoms with van der Waals surface area (Å²) in [6.07, 6.45) is 2.85. The monoisotopic (exact) mass is 577 g/mol. The largest absolute Gasteiger partial charge is 0.383 e. The fourth-order valence-corrected chi connectivity index (χ4v) is 9.01. The van der Waals surface area contributed by atoms with Crippen molar-refractivity contribution in [2.24, 2.45) is 4.99 Å². The summed E-state index contributed by atoms with van der Waals surface area (Å²) in [5.74, 6) is -0.558. The van der Waals surface area contributed by atoms with Gasteiger partial charge in [-0.1, -0.05) is 29.4 Å². The topological polar surface area (TPSA) is 115 Å². The summed E-state index contributed by atoms with van der Waals surface area (Å²) in [7, 11) is -5.76. The van der Waals surface area contributed by atoms with E-state index in [-0.39, 0.29) is 15.6 Å². The number of fused-ring (bicyclic) bond motifs is 1. The van der Waals surface area contributed by atoms with E-state index in [1.165, 1.54) is 33.8 Å². The van der Waals surface area contributed by atoms with Crippen LogP contribution in [0.15, 0.2) is 44.4 Å². The fraction of sp³-hybridized carbons (Fsp3) is 0.429. The number of hydrogen-bond acceptors (Lipinski definition) is 8. The molecule has 2 aromatic heterocycles. The van der Waals surface area contributed by atoms with Gasteiger partial charge in [0.15, 0.2) is 14.6 Å². The number of aromatic nitrogens is 1. The molecule has 1 aliphatic heterocycles. The van der Waals surface area contributed by atoms with Gasteiger partial charge in [-0.25, -0.2) is 16.8 Å². The highest BCUT2D eigenvalue weighted by atomic mass is 35.5. The third kappa shape index (κ3) is 5.55. The maximum absolute atomic E-state index is 13.4. The first-order valence-electron chi connectivity index (χ1n) is 10.7. The molecule has 0 bridgehead atoms. The van der Waals surface area contributed by atoms with Crippen LogP contribution in [0.4, 0.5) is 0 Å². The zero-order valence-corrected chi connectivity index (χ0v) is 23.0. The van der Waals surface area contributed by atoms with Gasteiger partial charge in [-0.3, -0.25) is 4.79 Å². The van der Waals surface area contributed by atoms with Gasteiger partial charge < -0.3 is 9.30 Å². The minimum Gasteiger partial charge on any atom is -0.383 e. The lowest BCUT2D eigenvalue weighted by Gasteiger charge is -2.31. The third-order valence-corrected chi connectivity index (χ3v) is 11.4. The number of nitrogens with zero attached hydrogens (tertiary/aromatic N) is 3. The SMILES string of the molecule is COCCn1c(=NC(=O)C2CCCCN2S(=O)(=O)c2ccc(Cl)s2)sc2cc(S(C)(=O)=O)ccc21. The van der Waals surface area contributed by atoms with Gasteiger partial charge in [0.2, 0.25) is 0 Å². The second-order valence-corrected chi connectivity index (χ2v) is 14.9. The molecule has 1 unspecified atom stereocenters. The Morgan fingerprint density at radius 2 is 1.94 bits per heavy atom. The number of thiophene rings is 1. The lowest BCUT2D eigenvalue weighted by Crippen LogP contribution is -2.47. The average Bonchev–Trinajstić information content (AvgIpc) is 3.40. The number of carbonyl (C=O) groups excluding carboxylic acids is 1. The Kier molecular flexibility index (Phi) is 7.86. The van der Waals surface area contributed by atoms with Crippen LogP contribution in [0.5, 0.6) is 0 Å². The number of sulfone groups is 1. The molecule has 1 atom stereocenters. The molecule has 9 nitrogen and oxygen atoms in total. The van der Waals surface area contributed by atoms with Crippen molar-refractivity contribution in [3.8, 4) is 0 Å². The summed E-state index contributed by atoms with van der Waals surface area (Å²) >= 11 is 8.08. The quantitative estimate of drug-likeness (QED) is 0.426. The lowest BCUT2D eigenvalue weighted by molar-refractivity contribution is -0.122. The van der Waals surface area contributed by atoms with Gasteiger partial charge in [0.05, 0.1) is 26.1 Å². The van der Waals surface area contributed by atoms with Crippen LogP contribution in [0.3, 0.4) is 0 Å². The number of ether oxygens (including phenoxy) is 1. The summed E-state index contributed by atoms with van der Waals surface area (Å²) in [4.78, 5) is 18.2. The highest BCUT2D eigenvalue weighted by molar-refractivity contribution is 7.91. The van der Waals surface area contributed by atoms with Gasteiger partial charge in [-0.05, 0) is 43.2 Å². The Balaban J connectivity index is 1.77. The first-order valence-corrected chi connectivity index (χ1v) is 16.0. The maximum atomic E-state index is 13.4. The summed E-state index contributed by atoms with van der Waals surface area (Å²) < 4.78 is 59.8. The number of hydrogen-bond donors (Lipinski definition) is 0. The lowest BCUT2D eigenvalue weighted by atomic mass is 10.0. The van der Waals surface area contributed by atoms with Crippen LogP contribution in [0.2, 0.25) is 4.34 Å². The summed E-state index contributed by atoms with van der Waals surface area (Å²) in [5.41, 5.74) is 0.715. The number of sulfonamides is 1. The Morgan fingerprint density at radius 3 is 2.60 bits per heavy atom. The first kappa shape index (κ1) is 26.5. The van der Waals surface area contributed by atoms with Crippen LogP contribution < -0.4 is 4.80 Å². The van der Waals surface area contributed by atoms with E-state index in [2.05, 4.69) is 4.99 Å². The number of piperidine rings is 1. The zero-order valence-electron chi connectivity index (χ0n) is 19.0. The van der Waals surface area contributed by atoms with Crippen molar-refractivity contribution >= 4 is 70.3 Å². The van der Waals surface area contributed by atoms with Crippen LogP contribution in [0.1, 0.15) is 19.3 Å². The predicted octanol–water partition coefficient (Wildman–Crippen LogP) is 3.14. The van der Waals surface area contributed by atoms with Crippen molar-refractivity contribution in [3.05, 3.63) is 39.5 Å². The molecule has 4 rings (SSSR count). The molecule has 1 aliphatic rings. The van der Waals surface area contributed by atoms with Crippen LogP contribution in [-0.4, -0.2) is 64.2 Å². The smallest absolute Gasteiger partial charge is 0.266 e. The van der Waals surface area contributed by atoms with Gasteiger partial charge in [0, 0.05) is 26.5 Å². The average molecular weight is 578 g/mol. The van der Waals surface area contributed by atoms with Crippen LogP contribution in [-0.2, 0) is 35.9 Å². The minimum absolute atomic E-state index is 0.0903. The molecule has 1 fully saturated rings. The van der Waals surface area contributed by atoms with Crippen molar-refractivity contribution in [1.82, 2.24) is 8.87 Å². The number of halogens is 1. The van der Waals surface area contributed by atoms with Crippen molar-refractivity contribution in [2.45, 2.75) is 41.0 Å². The van der Waals surface area contributed by atoms with E-state index >= 15 is 0 Å². The Labute approximate surface area is 216 Å². The summed E-state index contributed by atoms with van der Waals surface area (Å²) in [5, 5.41) is 0. The molecule has 14 heteroatoms. The third-order valence-electron chi connectivity index (χ3n) is 5.66. The van der Waals surface area contributed by atoms with Gasteiger partial charge >= 0.3 is 0 Å². The molecule has 3 heterocycles. The first-order chi connectivity index (χ1) is 16.5. The molecule has 1 saturated heterocycles. The molecule has 190 valence electrons. The molecule has 0 saturated carbocycles. The van der Waals surface area contributed by atoms with Crippen LogP contribution in [0, 0.1) is 0 Å². The van der Waals surface area contributed by atoms with Crippen LogP contribution >= 0.6 is 34.3 Å². The molecule has 1 aromatic carbocycles. The molecule has 1 amide bonds. The van der Waals surface area contributed by atoms with E-state index in [1.54, 1.807) is 23.8 Å². The molecule has 0 N–H and O–H groups in total. The van der Waals surface area contributed by atoms with Crippen molar-refractivity contribution < 1.29 is 26.4 Å². The molecule has 0 radical (unpaired) electrons. The second-order valence-electron chi connectivity index (χ2n) is 8.07. The Bertz CT molecular complexity index is 1540. The molecular formula is C21H24ClN3O6S4. The van der Waals surface area contributed by atoms with Crippen molar-refractivity contribution in [1.29, 1.82) is 0 Å². The molecular weight excluding hydrogens is 554 g/mol. The Morgan fingerprint density at radius 1 is 1.17 bits per heavy atom. The predicted molar refractivity (Wildman–Crippen MR) is 136 cm³/mol. The second kappa shape index (κ2) is 10.4. The van der Waals surface area contributed by atoms with Gasteiger partial charge in [-0.2, -0.15) is 9.30 Å². The van der Waals surface area contributed by atoms with Gasteiger partial charge in [0.1, 0.15) is 10.3 Å². The summed E-state index contributed by atoms with van der Waals surface area (Å²) in [6, 6.07) is 6.78. The summed E-state index contributed by atoms with van der Waals surface area (Å²) in [6.45, 7) is 0.961. The zero-order chi connectivity index (χ0) is 25.4. The van der Waals surface area contributed by atoms with E-state index in [0.717, 1.165) is 17.6 Å². The van der Waals surface area contributed by atoms with Gasteiger partial charge in [-0.15, -0.1) is 11.3 Å². The van der Waals surface area contributed by atoms with Crippen LogP contribution in [0.25, 0.3) is 10.2 Å². The fourth-order valence-electron chi connectivity index (χ4n) is 3.93. The normalized spacial score (nSPS) is 18.4. The number of thiazole rings is 1. The molecule has 35 heavy (non-hydrogen) atoms. The standard InChI is InChI=1S/C21H24ClN3O6S4/c1-31-12-11-24-15-7-6-14(34(2,27)28)13-17(15)32-21(24)23-20(26)16-5-3-4-10-25(16)35(29,30)19-9-8-18(22)33-19/h6-9,13,16H,3-5,10-12H2,1-2H3. The maximum Gasteiger partial charge on any atom is 0.266 e. The number of benzene rings is 1. The molecule has 0 spiro atoms. The Hall–Kier alpha value is -1.61. The number of amides is 1. The number of carbonyl (C=O) groups is 1. The number of rotatable bonds is 7. The van der Waals surface area contributed by atoms with E-state index < -0.39 is 31.8 Å². The highest BCUT2D eigenvalue weighted by Gasteiger charge is 2.38. The minimum atomic E-state index is -3.90. The highest BCUT2D eigenvalue weighted by Crippen LogP contribution is 2.32. The molecule has 0 aliphatic carbocycles. The molecule has 3 aromatic rings.